The van der Waals surface area contributed by atoms with Gasteiger partial charge in [0.25, 0.3) is 0 Å². The number of piperidine rings is 1. The molecule has 1 aromatic rings. The third-order valence-electron chi connectivity index (χ3n) is 3.59. The van der Waals surface area contributed by atoms with Crippen LogP contribution in [0.15, 0.2) is 18.2 Å². The molecule has 1 heterocycles. The van der Waals surface area contributed by atoms with Crippen LogP contribution in [0.2, 0.25) is 5.02 Å². The van der Waals surface area contributed by atoms with Crippen molar-refractivity contribution >= 4 is 17.3 Å². The summed E-state index contributed by atoms with van der Waals surface area (Å²) < 4.78 is 5.73. The van der Waals surface area contributed by atoms with Crippen LogP contribution in [0.5, 0.6) is 5.75 Å². The number of halogens is 1. The minimum absolute atomic E-state index is 0.626. The number of hydrogen-bond acceptors (Lipinski definition) is 3. The number of benzene rings is 1. The van der Waals surface area contributed by atoms with Crippen molar-refractivity contribution in [1.29, 1.82) is 0 Å². The predicted molar refractivity (Wildman–Crippen MR) is 76.2 cm³/mol. The highest BCUT2D eigenvalue weighted by Gasteiger charge is 2.18. The largest absolute Gasteiger partial charge is 0.492 e. The Morgan fingerprint density at radius 1 is 1.44 bits per heavy atom. The molecule has 1 atom stereocenters. The van der Waals surface area contributed by atoms with E-state index in [4.69, 9.17) is 22.1 Å². The van der Waals surface area contributed by atoms with E-state index in [1.807, 2.05) is 0 Å². The first-order valence-corrected chi connectivity index (χ1v) is 6.92. The van der Waals surface area contributed by atoms with Crippen molar-refractivity contribution in [3.8, 4) is 5.75 Å². The summed E-state index contributed by atoms with van der Waals surface area (Å²) >= 11 is 6.06. The third-order valence-corrected chi connectivity index (χ3v) is 3.90. The zero-order chi connectivity index (χ0) is 13.0. The molecular formula is C14H21ClN2O. The molecule has 1 aliphatic heterocycles. The van der Waals surface area contributed by atoms with Crippen molar-refractivity contribution in [2.75, 3.05) is 25.9 Å². The van der Waals surface area contributed by atoms with Gasteiger partial charge >= 0.3 is 0 Å². The summed E-state index contributed by atoms with van der Waals surface area (Å²) in [6.45, 7) is 1.89. The molecule has 1 unspecified atom stereocenters. The molecule has 18 heavy (non-hydrogen) atoms. The molecule has 3 nitrogen and oxygen atoms in total. The number of ether oxygens (including phenoxy) is 1. The van der Waals surface area contributed by atoms with Crippen LogP contribution >= 0.6 is 11.6 Å². The highest BCUT2D eigenvalue weighted by molar-refractivity contribution is 6.32. The predicted octanol–water partition coefficient (Wildman–Crippen LogP) is 3.18. The summed E-state index contributed by atoms with van der Waals surface area (Å²) in [4.78, 5) is 2.42. The molecule has 0 amide bonds. The van der Waals surface area contributed by atoms with E-state index in [0.717, 1.165) is 6.42 Å². The van der Waals surface area contributed by atoms with Gasteiger partial charge in [0.1, 0.15) is 5.75 Å². The second-order valence-corrected chi connectivity index (χ2v) is 5.36. The molecule has 0 aromatic heterocycles. The number of nitrogen functional groups attached to an aromatic ring is 1. The van der Waals surface area contributed by atoms with Crippen LogP contribution in [-0.4, -0.2) is 31.1 Å². The molecule has 1 saturated heterocycles. The summed E-state index contributed by atoms with van der Waals surface area (Å²) in [5.74, 6) is 0.690. The molecule has 4 heteroatoms. The third kappa shape index (κ3) is 3.53. The highest BCUT2D eigenvalue weighted by atomic mass is 35.5. The monoisotopic (exact) mass is 268 g/mol. The topological polar surface area (TPSA) is 38.5 Å². The van der Waals surface area contributed by atoms with Crippen LogP contribution in [0, 0.1) is 0 Å². The van der Waals surface area contributed by atoms with Gasteiger partial charge in [0.2, 0.25) is 0 Å². The summed E-state index contributed by atoms with van der Waals surface area (Å²) in [5.41, 5.74) is 6.40. The zero-order valence-electron chi connectivity index (χ0n) is 10.9. The summed E-state index contributed by atoms with van der Waals surface area (Å²) in [6.07, 6.45) is 4.95. The van der Waals surface area contributed by atoms with Crippen molar-refractivity contribution in [2.24, 2.45) is 0 Å². The van der Waals surface area contributed by atoms with Crippen LogP contribution in [-0.2, 0) is 0 Å². The summed E-state index contributed by atoms with van der Waals surface area (Å²) in [5, 5.41) is 0.626. The molecule has 2 N–H and O–H groups in total. The van der Waals surface area contributed by atoms with Gasteiger partial charge in [-0.25, -0.2) is 0 Å². The lowest BCUT2D eigenvalue weighted by Crippen LogP contribution is -2.37. The van der Waals surface area contributed by atoms with Gasteiger partial charge in [0.15, 0.2) is 0 Å². The normalized spacial score (nSPS) is 20.9. The lowest BCUT2D eigenvalue weighted by molar-refractivity contribution is 0.153. The summed E-state index contributed by atoms with van der Waals surface area (Å²) in [7, 11) is 2.19. The number of rotatable bonds is 4. The van der Waals surface area contributed by atoms with Crippen LogP contribution in [0.3, 0.4) is 0 Å². The van der Waals surface area contributed by atoms with Gasteiger partial charge in [0, 0.05) is 17.8 Å². The standard InChI is InChI=1S/C14H21ClN2O/c1-17-8-3-2-4-12(17)7-9-18-14-10-11(16)5-6-13(14)15/h5-6,10,12H,2-4,7-9,16H2,1H3. The summed E-state index contributed by atoms with van der Waals surface area (Å²) in [6, 6.07) is 5.98. The molecule has 0 bridgehead atoms. The molecule has 0 spiro atoms. The van der Waals surface area contributed by atoms with E-state index in [1.54, 1.807) is 18.2 Å². The van der Waals surface area contributed by atoms with E-state index in [0.29, 0.717) is 29.1 Å². The fourth-order valence-corrected chi connectivity index (χ4v) is 2.62. The Kier molecular flexibility index (Phi) is 4.72. The maximum atomic E-state index is 6.06. The highest BCUT2D eigenvalue weighted by Crippen LogP contribution is 2.27. The fraction of sp³-hybridized carbons (Fsp3) is 0.571. The average molecular weight is 269 g/mol. The van der Waals surface area contributed by atoms with Gasteiger partial charge in [0.05, 0.1) is 11.6 Å². The van der Waals surface area contributed by atoms with E-state index in [2.05, 4.69) is 11.9 Å². The van der Waals surface area contributed by atoms with E-state index in [9.17, 15) is 0 Å². The molecular weight excluding hydrogens is 248 g/mol. The van der Waals surface area contributed by atoms with Crippen LogP contribution in [0.4, 0.5) is 5.69 Å². The van der Waals surface area contributed by atoms with Crippen molar-refractivity contribution in [3.05, 3.63) is 23.2 Å². The second-order valence-electron chi connectivity index (χ2n) is 4.96. The molecule has 2 rings (SSSR count). The molecule has 1 aliphatic rings. The lowest BCUT2D eigenvalue weighted by atomic mass is 10.0. The Morgan fingerprint density at radius 2 is 2.28 bits per heavy atom. The van der Waals surface area contributed by atoms with Gasteiger partial charge in [-0.2, -0.15) is 0 Å². The minimum Gasteiger partial charge on any atom is -0.492 e. The van der Waals surface area contributed by atoms with Crippen molar-refractivity contribution in [1.82, 2.24) is 4.90 Å². The second kappa shape index (κ2) is 6.30. The van der Waals surface area contributed by atoms with Gasteiger partial charge in [-0.1, -0.05) is 18.0 Å². The van der Waals surface area contributed by atoms with E-state index < -0.39 is 0 Å². The number of nitrogens with zero attached hydrogens (tertiary/aromatic N) is 1. The zero-order valence-corrected chi connectivity index (χ0v) is 11.6. The van der Waals surface area contributed by atoms with Crippen LogP contribution < -0.4 is 10.5 Å². The molecule has 1 fully saturated rings. The van der Waals surface area contributed by atoms with Crippen LogP contribution in [0.1, 0.15) is 25.7 Å². The van der Waals surface area contributed by atoms with Crippen molar-refractivity contribution in [3.63, 3.8) is 0 Å². The van der Waals surface area contributed by atoms with E-state index in [-0.39, 0.29) is 0 Å². The number of likely N-dealkylation sites (tertiary alicyclic amines) is 1. The van der Waals surface area contributed by atoms with Gasteiger partial charge in [-0.3, -0.25) is 0 Å². The van der Waals surface area contributed by atoms with Gasteiger partial charge in [-0.05, 0) is 45.0 Å². The Morgan fingerprint density at radius 3 is 3.06 bits per heavy atom. The fourth-order valence-electron chi connectivity index (χ4n) is 2.44. The Hall–Kier alpha value is -0.930. The number of hydrogen-bond donors (Lipinski definition) is 1. The minimum atomic E-state index is 0.626. The molecule has 0 radical (unpaired) electrons. The van der Waals surface area contributed by atoms with Crippen molar-refractivity contribution < 1.29 is 4.74 Å². The van der Waals surface area contributed by atoms with Gasteiger partial charge in [-0.15, -0.1) is 0 Å². The maximum Gasteiger partial charge on any atom is 0.139 e. The number of nitrogens with two attached hydrogens (primary N) is 1. The Labute approximate surface area is 114 Å². The smallest absolute Gasteiger partial charge is 0.139 e. The molecule has 100 valence electrons. The lowest BCUT2D eigenvalue weighted by Gasteiger charge is -2.32. The van der Waals surface area contributed by atoms with Crippen molar-refractivity contribution in [2.45, 2.75) is 31.7 Å². The number of anilines is 1. The first-order valence-electron chi connectivity index (χ1n) is 6.55. The Balaban J connectivity index is 1.82. The SMILES string of the molecule is CN1CCCCC1CCOc1cc(N)ccc1Cl. The van der Waals surface area contributed by atoms with Crippen LogP contribution in [0.25, 0.3) is 0 Å². The van der Waals surface area contributed by atoms with Gasteiger partial charge < -0.3 is 15.4 Å². The molecule has 0 saturated carbocycles. The quantitative estimate of drug-likeness (QED) is 0.853. The maximum absolute atomic E-state index is 6.06. The average Bonchev–Trinajstić information content (AvgIpc) is 2.36. The first kappa shape index (κ1) is 13.5. The Bertz CT molecular complexity index is 397. The van der Waals surface area contributed by atoms with E-state index >= 15 is 0 Å². The molecule has 1 aromatic carbocycles. The molecule has 0 aliphatic carbocycles. The van der Waals surface area contributed by atoms with E-state index in [1.165, 1.54) is 25.8 Å². The first-order chi connectivity index (χ1) is 8.66.